The number of fused-ring (bicyclic) bond motifs is 1. The normalized spacial score (nSPS) is 10.8. The minimum absolute atomic E-state index is 0.0460. The summed E-state index contributed by atoms with van der Waals surface area (Å²) in [6.07, 6.45) is 3.26. The summed E-state index contributed by atoms with van der Waals surface area (Å²) in [7, 11) is 0. The van der Waals surface area contributed by atoms with Gasteiger partial charge in [0.05, 0.1) is 0 Å². The van der Waals surface area contributed by atoms with Crippen LogP contribution in [0.5, 0.6) is 5.75 Å². The number of anilines is 1. The van der Waals surface area contributed by atoms with Crippen LogP contribution in [0.4, 0.5) is 5.82 Å². The van der Waals surface area contributed by atoms with Gasteiger partial charge in [-0.1, -0.05) is 11.6 Å². The number of nitrogens with two attached hydrogens (primary N) is 1. The van der Waals surface area contributed by atoms with Crippen LogP contribution in [-0.2, 0) is 0 Å². The molecule has 0 fully saturated rings. The van der Waals surface area contributed by atoms with Crippen LogP contribution in [0.15, 0.2) is 36.7 Å². The third-order valence-corrected chi connectivity index (χ3v) is 3.06. The molecule has 0 aliphatic rings. The van der Waals surface area contributed by atoms with Gasteiger partial charge in [-0.25, -0.2) is 0 Å². The van der Waals surface area contributed by atoms with Gasteiger partial charge in [-0.2, -0.15) is 0 Å². The number of nitrogen functional groups attached to an aromatic ring is 1. The molecule has 3 aromatic rings. The van der Waals surface area contributed by atoms with Crippen LogP contribution < -0.4 is 5.73 Å². The standard InChI is InChI=1S/C13H9ClN4O/c14-7-1-2-9(11(19)5-7)12-8-3-4-16-6-10(8)13(15)18-17-12/h1-6,19H,(H2,15,18). The van der Waals surface area contributed by atoms with E-state index >= 15 is 0 Å². The monoisotopic (exact) mass is 272 g/mol. The van der Waals surface area contributed by atoms with Crippen molar-refractivity contribution in [2.24, 2.45) is 0 Å². The van der Waals surface area contributed by atoms with Crippen LogP contribution in [0.2, 0.25) is 5.02 Å². The number of aromatic hydroxyl groups is 1. The van der Waals surface area contributed by atoms with Gasteiger partial charge in [0, 0.05) is 33.8 Å². The van der Waals surface area contributed by atoms with Crippen molar-refractivity contribution in [1.29, 1.82) is 0 Å². The molecule has 0 unspecified atom stereocenters. The third kappa shape index (κ3) is 1.94. The van der Waals surface area contributed by atoms with Crippen LogP contribution in [0, 0.1) is 0 Å². The maximum absolute atomic E-state index is 9.97. The van der Waals surface area contributed by atoms with Crippen molar-refractivity contribution in [2.75, 3.05) is 5.73 Å². The lowest BCUT2D eigenvalue weighted by atomic mass is 10.1. The van der Waals surface area contributed by atoms with Crippen molar-refractivity contribution in [1.82, 2.24) is 15.2 Å². The first kappa shape index (κ1) is 11.7. The predicted molar refractivity (Wildman–Crippen MR) is 73.9 cm³/mol. The molecule has 19 heavy (non-hydrogen) atoms. The number of rotatable bonds is 1. The van der Waals surface area contributed by atoms with E-state index in [4.69, 9.17) is 17.3 Å². The van der Waals surface area contributed by atoms with E-state index < -0.39 is 0 Å². The van der Waals surface area contributed by atoms with Gasteiger partial charge in [0.2, 0.25) is 0 Å². The minimum atomic E-state index is 0.0460. The second-order valence-corrected chi connectivity index (χ2v) is 4.45. The zero-order valence-electron chi connectivity index (χ0n) is 9.71. The molecule has 0 radical (unpaired) electrons. The second-order valence-electron chi connectivity index (χ2n) is 4.02. The predicted octanol–water partition coefficient (Wildman–Crippen LogP) is 2.63. The molecule has 0 saturated heterocycles. The summed E-state index contributed by atoms with van der Waals surface area (Å²) in [5.41, 5.74) is 6.86. The molecule has 5 nitrogen and oxygen atoms in total. The number of aromatic nitrogens is 3. The molecule has 3 rings (SSSR count). The molecule has 0 amide bonds. The summed E-state index contributed by atoms with van der Waals surface area (Å²) in [5.74, 6) is 0.352. The van der Waals surface area contributed by atoms with E-state index in [2.05, 4.69) is 15.2 Å². The highest BCUT2D eigenvalue weighted by Crippen LogP contribution is 2.34. The molecule has 0 bridgehead atoms. The van der Waals surface area contributed by atoms with E-state index in [0.29, 0.717) is 27.5 Å². The Labute approximate surface area is 113 Å². The van der Waals surface area contributed by atoms with Crippen LogP contribution in [0.1, 0.15) is 0 Å². The van der Waals surface area contributed by atoms with Gasteiger partial charge in [-0.15, -0.1) is 10.2 Å². The minimum Gasteiger partial charge on any atom is -0.507 e. The van der Waals surface area contributed by atoms with Gasteiger partial charge in [-0.05, 0) is 24.3 Å². The fourth-order valence-corrected chi connectivity index (χ4v) is 2.09. The number of hydrogen-bond donors (Lipinski definition) is 2. The maximum Gasteiger partial charge on any atom is 0.155 e. The van der Waals surface area contributed by atoms with Crippen molar-refractivity contribution in [3.63, 3.8) is 0 Å². The zero-order valence-corrected chi connectivity index (χ0v) is 10.5. The molecule has 2 heterocycles. The largest absolute Gasteiger partial charge is 0.507 e. The molecule has 2 aromatic heterocycles. The molecular weight excluding hydrogens is 264 g/mol. The first-order valence-electron chi connectivity index (χ1n) is 5.51. The van der Waals surface area contributed by atoms with Gasteiger partial charge in [-0.3, -0.25) is 4.98 Å². The maximum atomic E-state index is 9.97. The van der Waals surface area contributed by atoms with Crippen molar-refractivity contribution >= 4 is 28.2 Å². The average molecular weight is 273 g/mol. The van der Waals surface area contributed by atoms with Gasteiger partial charge < -0.3 is 10.8 Å². The fraction of sp³-hybridized carbons (Fsp3) is 0. The number of hydrogen-bond acceptors (Lipinski definition) is 5. The summed E-state index contributed by atoms with van der Waals surface area (Å²) in [4.78, 5) is 4.01. The third-order valence-electron chi connectivity index (χ3n) is 2.82. The van der Waals surface area contributed by atoms with Gasteiger partial charge in [0.15, 0.2) is 5.82 Å². The topological polar surface area (TPSA) is 84.9 Å². The van der Waals surface area contributed by atoms with E-state index in [-0.39, 0.29) is 5.75 Å². The number of halogens is 1. The smallest absolute Gasteiger partial charge is 0.155 e. The SMILES string of the molecule is Nc1nnc(-c2ccc(Cl)cc2O)c2ccncc12. The lowest BCUT2D eigenvalue weighted by Crippen LogP contribution is -1.98. The van der Waals surface area contributed by atoms with Crippen molar-refractivity contribution in [2.45, 2.75) is 0 Å². The molecule has 0 spiro atoms. The molecule has 94 valence electrons. The van der Waals surface area contributed by atoms with Crippen LogP contribution in [0.3, 0.4) is 0 Å². The van der Waals surface area contributed by atoms with Crippen LogP contribution >= 0.6 is 11.6 Å². The molecule has 0 aliphatic carbocycles. The van der Waals surface area contributed by atoms with E-state index in [9.17, 15) is 5.11 Å². The summed E-state index contributed by atoms with van der Waals surface area (Å²) in [5, 5.41) is 19.9. The highest BCUT2D eigenvalue weighted by Gasteiger charge is 2.12. The van der Waals surface area contributed by atoms with E-state index in [1.165, 1.54) is 6.07 Å². The van der Waals surface area contributed by atoms with E-state index in [1.807, 2.05) is 0 Å². The Morgan fingerprint density at radius 1 is 1.11 bits per heavy atom. The second kappa shape index (κ2) is 4.37. The Hall–Kier alpha value is -2.40. The molecule has 3 N–H and O–H groups in total. The lowest BCUT2D eigenvalue weighted by molar-refractivity contribution is 0.477. The van der Waals surface area contributed by atoms with Crippen LogP contribution in [0.25, 0.3) is 22.0 Å². The quantitative estimate of drug-likeness (QED) is 0.711. The Morgan fingerprint density at radius 3 is 2.74 bits per heavy atom. The zero-order chi connectivity index (χ0) is 13.4. The molecule has 0 saturated carbocycles. The van der Waals surface area contributed by atoms with Crippen molar-refractivity contribution in [3.8, 4) is 17.0 Å². The molecule has 6 heteroatoms. The van der Waals surface area contributed by atoms with Crippen molar-refractivity contribution in [3.05, 3.63) is 41.7 Å². The number of phenolic OH excluding ortho intramolecular Hbond substituents is 1. The van der Waals surface area contributed by atoms with E-state index in [1.54, 1.807) is 30.6 Å². The highest BCUT2D eigenvalue weighted by molar-refractivity contribution is 6.30. The van der Waals surface area contributed by atoms with Crippen molar-refractivity contribution < 1.29 is 5.11 Å². The van der Waals surface area contributed by atoms with E-state index in [0.717, 1.165) is 5.39 Å². The first-order valence-corrected chi connectivity index (χ1v) is 5.89. The summed E-state index contributed by atoms with van der Waals surface area (Å²) in [6, 6.07) is 6.62. The average Bonchev–Trinajstić information content (AvgIpc) is 2.41. The Bertz CT molecular complexity index is 776. The van der Waals surface area contributed by atoms with Crippen LogP contribution in [-0.4, -0.2) is 20.3 Å². The number of benzene rings is 1. The summed E-state index contributed by atoms with van der Waals surface area (Å²) >= 11 is 5.82. The summed E-state index contributed by atoms with van der Waals surface area (Å²) < 4.78 is 0. The number of pyridine rings is 1. The first-order chi connectivity index (χ1) is 9.16. The molecule has 0 atom stereocenters. The highest BCUT2D eigenvalue weighted by atomic mass is 35.5. The number of phenols is 1. The molecule has 1 aromatic carbocycles. The lowest BCUT2D eigenvalue weighted by Gasteiger charge is -2.08. The van der Waals surface area contributed by atoms with Gasteiger partial charge in [0.1, 0.15) is 11.4 Å². The number of nitrogens with zero attached hydrogens (tertiary/aromatic N) is 3. The molecular formula is C13H9ClN4O. The Morgan fingerprint density at radius 2 is 1.95 bits per heavy atom. The molecule has 0 aliphatic heterocycles. The Balaban J connectivity index is 2.34. The fourth-order valence-electron chi connectivity index (χ4n) is 1.92. The Kier molecular flexibility index (Phi) is 2.68. The van der Waals surface area contributed by atoms with Gasteiger partial charge in [0.25, 0.3) is 0 Å². The summed E-state index contributed by atoms with van der Waals surface area (Å²) in [6.45, 7) is 0. The van der Waals surface area contributed by atoms with Gasteiger partial charge >= 0.3 is 0 Å².